The van der Waals surface area contributed by atoms with Gasteiger partial charge in [-0.3, -0.25) is 0 Å². The first-order valence-corrected chi connectivity index (χ1v) is 5.66. The maximum atomic E-state index is 4.13. The van der Waals surface area contributed by atoms with Crippen LogP contribution in [0, 0.1) is 3.70 Å². The van der Waals surface area contributed by atoms with Gasteiger partial charge in [-0.25, -0.2) is 9.97 Å². The third-order valence-electron chi connectivity index (χ3n) is 0.782. The minimum absolute atomic E-state index is 0.835. The Hall–Kier alpha value is 0.160. The summed E-state index contributed by atoms with van der Waals surface area (Å²) in [6.45, 7) is 4.00. The molecule has 11 heavy (non-hydrogen) atoms. The van der Waals surface area contributed by atoms with E-state index in [2.05, 4.69) is 32.6 Å². The summed E-state index contributed by atoms with van der Waals surface area (Å²) < 4.78 is 0.993. The minimum Gasteiger partial charge on any atom is -0.231 e. The number of nitrogens with zero attached hydrogens (tertiary/aromatic N) is 2. The van der Waals surface area contributed by atoms with Crippen LogP contribution in [0.1, 0.15) is 13.8 Å². The molecule has 0 fully saturated rings. The lowest BCUT2D eigenvalue weighted by Crippen LogP contribution is -1.85. The lowest BCUT2D eigenvalue weighted by Gasteiger charge is -1.91. The van der Waals surface area contributed by atoms with Crippen molar-refractivity contribution < 1.29 is 0 Å². The molecule has 1 aromatic rings. The van der Waals surface area contributed by atoms with E-state index in [4.69, 9.17) is 0 Å². The van der Waals surface area contributed by atoms with Crippen LogP contribution in [0.3, 0.4) is 0 Å². The highest BCUT2D eigenvalue weighted by Crippen LogP contribution is 2.08. The summed E-state index contributed by atoms with van der Waals surface area (Å²) in [5.74, 6) is 0. The van der Waals surface area contributed by atoms with E-state index in [-0.39, 0.29) is 0 Å². The van der Waals surface area contributed by atoms with E-state index in [1.54, 1.807) is 18.0 Å². The minimum atomic E-state index is 0.835. The standard InChI is InChI=1S/C5H5IN2S.C2H6/c1-9-5-7-3-2-4(6)8-5;1-2/h2-3H,1H3;1-2H3. The van der Waals surface area contributed by atoms with E-state index in [0.717, 1.165) is 8.86 Å². The highest BCUT2D eigenvalue weighted by atomic mass is 127. The third-order valence-corrected chi connectivity index (χ3v) is 1.94. The monoisotopic (exact) mass is 282 g/mol. The molecule has 0 atom stereocenters. The smallest absolute Gasteiger partial charge is 0.188 e. The maximum Gasteiger partial charge on any atom is 0.188 e. The van der Waals surface area contributed by atoms with Crippen LogP contribution in [0.15, 0.2) is 17.4 Å². The Morgan fingerprint density at radius 2 is 2.09 bits per heavy atom. The fourth-order valence-electron chi connectivity index (χ4n) is 0.418. The van der Waals surface area contributed by atoms with Crippen molar-refractivity contribution in [3.8, 4) is 0 Å². The Morgan fingerprint density at radius 3 is 2.45 bits per heavy atom. The number of halogens is 1. The van der Waals surface area contributed by atoms with Gasteiger partial charge in [0.25, 0.3) is 0 Å². The van der Waals surface area contributed by atoms with Crippen molar-refractivity contribution in [1.29, 1.82) is 0 Å². The number of aromatic nitrogens is 2. The summed E-state index contributed by atoms with van der Waals surface area (Å²) in [5, 5.41) is 0.835. The highest BCUT2D eigenvalue weighted by molar-refractivity contribution is 14.1. The summed E-state index contributed by atoms with van der Waals surface area (Å²) >= 11 is 3.72. The molecule has 0 bridgehead atoms. The molecule has 62 valence electrons. The predicted molar refractivity (Wildman–Crippen MR) is 57.9 cm³/mol. The average molecular weight is 282 g/mol. The molecule has 0 aliphatic rings. The number of thioether (sulfide) groups is 1. The van der Waals surface area contributed by atoms with Crippen LogP contribution in [0.25, 0.3) is 0 Å². The van der Waals surface area contributed by atoms with Crippen LogP contribution < -0.4 is 0 Å². The topological polar surface area (TPSA) is 25.8 Å². The van der Waals surface area contributed by atoms with Gasteiger partial charge in [-0.1, -0.05) is 25.6 Å². The lowest BCUT2D eigenvalue weighted by molar-refractivity contribution is 0.949. The molecule has 4 heteroatoms. The Morgan fingerprint density at radius 1 is 1.45 bits per heavy atom. The van der Waals surface area contributed by atoms with Crippen LogP contribution in [0.5, 0.6) is 0 Å². The molecule has 1 aromatic heterocycles. The van der Waals surface area contributed by atoms with Crippen molar-refractivity contribution in [2.45, 2.75) is 19.0 Å². The number of rotatable bonds is 1. The van der Waals surface area contributed by atoms with Gasteiger partial charge in [0.2, 0.25) is 0 Å². The van der Waals surface area contributed by atoms with Crippen LogP contribution in [0.2, 0.25) is 0 Å². The molecule has 0 spiro atoms. The van der Waals surface area contributed by atoms with Gasteiger partial charge in [-0.05, 0) is 34.9 Å². The summed E-state index contributed by atoms with van der Waals surface area (Å²) in [6.07, 6.45) is 3.73. The zero-order valence-electron chi connectivity index (χ0n) is 6.84. The fraction of sp³-hybridized carbons (Fsp3) is 0.429. The van der Waals surface area contributed by atoms with Crippen molar-refractivity contribution >= 4 is 34.4 Å². The van der Waals surface area contributed by atoms with Gasteiger partial charge >= 0.3 is 0 Å². The van der Waals surface area contributed by atoms with E-state index < -0.39 is 0 Å². The lowest BCUT2D eigenvalue weighted by atomic mass is 10.7. The molecule has 1 rings (SSSR count). The molecule has 2 nitrogen and oxygen atoms in total. The normalized spacial score (nSPS) is 8.36. The molecule has 0 amide bonds. The molecule has 0 saturated carbocycles. The summed E-state index contributed by atoms with van der Waals surface area (Å²) in [4.78, 5) is 8.14. The summed E-state index contributed by atoms with van der Waals surface area (Å²) in [7, 11) is 0. The molecule has 0 radical (unpaired) electrons. The second-order valence-corrected chi connectivity index (χ2v) is 3.24. The molecule has 1 heterocycles. The molecular weight excluding hydrogens is 271 g/mol. The quantitative estimate of drug-likeness (QED) is 0.343. The zero-order valence-corrected chi connectivity index (χ0v) is 9.81. The van der Waals surface area contributed by atoms with Gasteiger partial charge in [0.15, 0.2) is 5.16 Å². The van der Waals surface area contributed by atoms with Gasteiger partial charge in [0, 0.05) is 6.20 Å². The van der Waals surface area contributed by atoms with Crippen LogP contribution in [0.4, 0.5) is 0 Å². The molecule has 0 aromatic carbocycles. The first-order valence-electron chi connectivity index (χ1n) is 3.35. The Labute approximate surface area is 85.4 Å². The Balaban J connectivity index is 0.000000461. The van der Waals surface area contributed by atoms with E-state index in [9.17, 15) is 0 Å². The van der Waals surface area contributed by atoms with Gasteiger partial charge in [-0.15, -0.1) is 0 Å². The third kappa shape index (κ3) is 4.58. The van der Waals surface area contributed by atoms with Gasteiger partial charge in [-0.2, -0.15) is 0 Å². The van der Waals surface area contributed by atoms with Gasteiger partial charge in [0.1, 0.15) is 3.70 Å². The Bertz CT molecular complexity index is 205. The first-order chi connectivity index (χ1) is 5.33. The van der Waals surface area contributed by atoms with Gasteiger partial charge in [0.05, 0.1) is 0 Å². The van der Waals surface area contributed by atoms with E-state index >= 15 is 0 Å². The molecule has 0 N–H and O–H groups in total. The maximum absolute atomic E-state index is 4.13. The largest absolute Gasteiger partial charge is 0.231 e. The van der Waals surface area contributed by atoms with Crippen LogP contribution >= 0.6 is 34.4 Å². The van der Waals surface area contributed by atoms with Crippen molar-refractivity contribution in [1.82, 2.24) is 9.97 Å². The summed E-state index contributed by atoms with van der Waals surface area (Å²) in [6, 6.07) is 1.88. The Kier molecular flexibility index (Phi) is 6.94. The molecule has 0 aliphatic carbocycles. The van der Waals surface area contributed by atoms with Crippen molar-refractivity contribution in [3.63, 3.8) is 0 Å². The number of hydrogen-bond donors (Lipinski definition) is 0. The number of hydrogen-bond acceptors (Lipinski definition) is 3. The van der Waals surface area contributed by atoms with Crippen LogP contribution in [-0.4, -0.2) is 16.2 Å². The second-order valence-electron chi connectivity index (χ2n) is 1.37. The zero-order chi connectivity index (χ0) is 8.69. The van der Waals surface area contributed by atoms with E-state index in [1.165, 1.54) is 0 Å². The second kappa shape index (κ2) is 6.84. The predicted octanol–water partition coefficient (Wildman–Crippen LogP) is 2.83. The summed E-state index contributed by atoms with van der Waals surface area (Å²) in [5.41, 5.74) is 0. The van der Waals surface area contributed by atoms with Crippen molar-refractivity contribution in [2.75, 3.05) is 6.26 Å². The van der Waals surface area contributed by atoms with Crippen molar-refractivity contribution in [3.05, 3.63) is 16.0 Å². The van der Waals surface area contributed by atoms with Crippen molar-refractivity contribution in [2.24, 2.45) is 0 Å². The molecular formula is C7H11IN2S. The first kappa shape index (κ1) is 11.2. The molecule has 0 saturated heterocycles. The average Bonchev–Trinajstić information content (AvgIpc) is 2.08. The van der Waals surface area contributed by atoms with Gasteiger partial charge < -0.3 is 0 Å². The molecule has 0 unspecified atom stereocenters. The SMILES string of the molecule is CC.CSc1nccc(I)n1. The molecule has 0 aliphatic heterocycles. The van der Waals surface area contributed by atoms with Crippen LogP contribution in [-0.2, 0) is 0 Å². The highest BCUT2D eigenvalue weighted by Gasteiger charge is 1.91. The van der Waals surface area contributed by atoms with E-state index in [1.807, 2.05) is 26.2 Å². The van der Waals surface area contributed by atoms with E-state index in [0.29, 0.717) is 0 Å². The fourth-order valence-corrected chi connectivity index (χ4v) is 1.33.